The van der Waals surface area contributed by atoms with E-state index >= 15 is 0 Å². The molecule has 1 N–H and O–H groups in total. The van der Waals surface area contributed by atoms with Crippen molar-refractivity contribution in [3.05, 3.63) is 60.2 Å². The maximum atomic E-state index is 5.90. The molecule has 2 aromatic rings. The molecule has 110 valence electrons. The van der Waals surface area contributed by atoms with Crippen molar-refractivity contribution in [2.24, 2.45) is 0 Å². The molecule has 0 aromatic heterocycles. The highest BCUT2D eigenvalue weighted by molar-refractivity contribution is 5.33. The third-order valence-corrected chi connectivity index (χ3v) is 3.97. The monoisotopic (exact) mass is 282 g/mol. The molecular weight excluding hydrogens is 260 g/mol. The summed E-state index contributed by atoms with van der Waals surface area (Å²) in [7, 11) is 2.20. The lowest BCUT2D eigenvalue weighted by molar-refractivity contribution is 0.248. The van der Waals surface area contributed by atoms with Gasteiger partial charge < -0.3 is 10.1 Å². The molecule has 0 radical (unpaired) electrons. The van der Waals surface area contributed by atoms with Crippen LogP contribution in [0.25, 0.3) is 0 Å². The highest BCUT2D eigenvalue weighted by Gasteiger charge is 2.19. The van der Waals surface area contributed by atoms with Gasteiger partial charge in [-0.05, 0) is 49.8 Å². The van der Waals surface area contributed by atoms with Gasteiger partial charge in [0.15, 0.2) is 0 Å². The van der Waals surface area contributed by atoms with Crippen molar-refractivity contribution in [1.29, 1.82) is 0 Å². The van der Waals surface area contributed by atoms with E-state index in [9.17, 15) is 0 Å². The topological polar surface area (TPSA) is 24.5 Å². The molecule has 1 unspecified atom stereocenters. The van der Waals surface area contributed by atoms with Gasteiger partial charge in [0.1, 0.15) is 11.5 Å². The zero-order valence-corrected chi connectivity index (χ0v) is 12.5. The normalized spacial score (nSPS) is 18.1. The summed E-state index contributed by atoms with van der Waals surface area (Å²) in [4.78, 5) is 2.42. The minimum atomic E-state index is 0.642. The number of hydrogen-bond acceptors (Lipinski definition) is 3. The number of benzene rings is 2. The van der Waals surface area contributed by atoms with Crippen molar-refractivity contribution < 1.29 is 4.74 Å². The predicted molar refractivity (Wildman–Crippen MR) is 85.7 cm³/mol. The lowest BCUT2D eigenvalue weighted by atomic mass is 10.1. The first-order valence-electron chi connectivity index (χ1n) is 7.54. The van der Waals surface area contributed by atoms with E-state index in [0.29, 0.717) is 6.04 Å². The summed E-state index contributed by atoms with van der Waals surface area (Å²) in [5.41, 5.74) is 1.29. The molecule has 1 aliphatic rings. The van der Waals surface area contributed by atoms with Crippen molar-refractivity contribution >= 4 is 0 Å². The minimum Gasteiger partial charge on any atom is -0.457 e. The number of rotatable bonds is 5. The molecule has 1 saturated heterocycles. The van der Waals surface area contributed by atoms with Crippen molar-refractivity contribution in [3.63, 3.8) is 0 Å². The van der Waals surface area contributed by atoms with Gasteiger partial charge in [0, 0.05) is 19.1 Å². The zero-order valence-electron chi connectivity index (χ0n) is 12.5. The second kappa shape index (κ2) is 6.74. The van der Waals surface area contributed by atoms with Crippen LogP contribution in [0, 0.1) is 0 Å². The van der Waals surface area contributed by atoms with Crippen molar-refractivity contribution in [2.75, 3.05) is 20.1 Å². The maximum absolute atomic E-state index is 5.90. The Balaban J connectivity index is 1.65. The second-order valence-corrected chi connectivity index (χ2v) is 5.62. The summed E-state index contributed by atoms with van der Waals surface area (Å²) < 4.78 is 5.90. The average Bonchev–Trinajstić information content (AvgIpc) is 3.03. The second-order valence-electron chi connectivity index (χ2n) is 5.62. The summed E-state index contributed by atoms with van der Waals surface area (Å²) in [6, 6.07) is 18.9. The Labute approximate surface area is 126 Å². The van der Waals surface area contributed by atoms with Crippen LogP contribution in [0.1, 0.15) is 12.0 Å². The first-order valence-corrected chi connectivity index (χ1v) is 7.54. The highest BCUT2D eigenvalue weighted by Crippen LogP contribution is 2.22. The molecule has 3 rings (SSSR count). The van der Waals surface area contributed by atoms with Crippen LogP contribution < -0.4 is 10.1 Å². The molecule has 0 saturated carbocycles. The van der Waals surface area contributed by atoms with Gasteiger partial charge in [-0.15, -0.1) is 0 Å². The van der Waals surface area contributed by atoms with Crippen LogP contribution in [-0.4, -0.2) is 31.1 Å². The highest BCUT2D eigenvalue weighted by atomic mass is 16.5. The van der Waals surface area contributed by atoms with E-state index in [2.05, 4.69) is 35.5 Å². The number of nitrogens with one attached hydrogen (secondary N) is 1. The Morgan fingerprint density at radius 1 is 1.10 bits per heavy atom. The Morgan fingerprint density at radius 3 is 2.67 bits per heavy atom. The molecule has 3 heteroatoms. The molecule has 0 spiro atoms. The van der Waals surface area contributed by atoms with Crippen molar-refractivity contribution in [1.82, 2.24) is 10.2 Å². The summed E-state index contributed by atoms with van der Waals surface area (Å²) in [6.07, 6.45) is 1.23. The first kappa shape index (κ1) is 14.1. The van der Waals surface area contributed by atoms with Crippen molar-refractivity contribution in [3.8, 4) is 11.5 Å². The summed E-state index contributed by atoms with van der Waals surface area (Å²) in [6.45, 7) is 3.18. The van der Waals surface area contributed by atoms with Crippen LogP contribution in [-0.2, 0) is 6.54 Å². The molecule has 1 heterocycles. The van der Waals surface area contributed by atoms with Gasteiger partial charge in [0.05, 0.1) is 0 Å². The molecule has 1 aliphatic heterocycles. The average molecular weight is 282 g/mol. The van der Waals surface area contributed by atoms with Gasteiger partial charge >= 0.3 is 0 Å². The van der Waals surface area contributed by atoms with E-state index in [1.807, 2.05) is 36.4 Å². The van der Waals surface area contributed by atoms with Crippen LogP contribution in [0.5, 0.6) is 11.5 Å². The smallest absolute Gasteiger partial charge is 0.127 e. The van der Waals surface area contributed by atoms with E-state index in [1.54, 1.807) is 0 Å². The fourth-order valence-electron chi connectivity index (χ4n) is 2.76. The maximum Gasteiger partial charge on any atom is 0.127 e. The lowest BCUT2D eigenvalue weighted by Gasteiger charge is -2.23. The molecule has 1 fully saturated rings. The van der Waals surface area contributed by atoms with E-state index < -0.39 is 0 Å². The van der Waals surface area contributed by atoms with Crippen LogP contribution in [0.3, 0.4) is 0 Å². The fraction of sp³-hybridized carbons (Fsp3) is 0.333. The number of para-hydroxylation sites is 1. The van der Waals surface area contributed by atoms with Crippen LogP contribution in [0.2, 0.25) is 0 Å². The Morgan fingerprint density at radius 2 is 1.90 bits per heavy atom. The number of nitrogens with zero attached hydrogens (tertiary/aromatic N) is 1. The largest absolute Gasteiger partial charge is 0.457 e. The van der Waals surface area contributed by atoms with E-state index in [-0.39, 0.29) is 0 Å². The van der Waals surface area contributed by atoms with Crippen LogP contribution in [0.15, 0.2) is 54.6 Å². The molecule has 2 aromatic carbocycles. The minimum absolute atomic E-state index is 0.642. The van der Waals surface area contributed by atoms with Crippen molar-refractivity contribution in [2.45, 2.75) is 19.0 Å². The first-order chi connectivity index (χ1) is 10.3. The van der Waals surface area contributed by atoms with Gasteiger partial charge in [0.2, 0.25) is 0 Å². The molecule has 0 aliphatic carbocycles. The van der Waals surface area contributed by atoms with Gasteiger partial charge in [-0.25, -0.2) is 0 Å². The molecule has 3 nitrogen and oxygen atoms in total. The third kappa shape index (κ3) is 3.84. The summed E-state index contributed by atoms with van der Waals surface area (Å²) in [5, 5.41) is 3.42. The Kier molecular flexibility index (Phi) is 4.53. The predicted octanol–water partition coefficient (Wildman–Crippen LogP) is 3.27. The van der Waals surface area contributed by atoms with Gasteiger partial charge in [-0.3, -0.25) is 4.90 Å². The summed E-state index contributed by atoms with van der Waals surface area (Å²) in [5.74, 6) is 1.78. The number of likely N-dealkylation sites (N-methyl/N-ethyl adjacent to an activating group) is 1. The van der Waals surface area contributed by atoms with Gasteiger partial charge in [-0.2, -0.15) is 0 Å². The van der Waals surface area contributed by atoms with Gasteiger partial charge in [-0.1, -0.05) is 30.3 Å². The van der Waals surface area contributed by atoms with Crippen LogP contribution in [0.4, 0.5) is 0 Å². The van der Waals surface area contributed by atoms with Crippen LogP contribution >= 0.6 is 0 Å². The summed E-state index contributed by atoms with van der Waals surface area (Å²) >= 11 is 0. The van der Waals surface area contributed by atoms with E-state index in [4.69, 9.17) is 4.74 Å². The quantitative estimate of drug-likeness (QED) is 0.911. The molecule has 0 amide bonds. The molecule has 0 bridgehead atoms. The number of ether oxygens (including phenoxy) is 1. The van der Waals surface area contributed by atoms with E-state index in [1.165, 1.54) is 12.0 Å². The number of hydrogen-bond donors (Lipinski definition) is 1. The standard InChI is InChI=1S/C18H22N2O/c1-20(16-10-11-19-13-16)14-15-6-5-9-18(12-15)21-17-7-3-2-4-8-17/h2-9,12,16,19H,10-11,13-14H2,1H3. The third-order valence-electron chi connectivity index (χ3n) is 3.97. The molecular formula is C18H22N2O. The lowest BCUT2D eigenvalue weighted by Crippen LogP contribution is -2.32. The zero-order chi connectivity index (χ0) is 14.5. The Bertz CT molecular complexity index is 564. The van der Waals surface area contributed by atoms with E-state index in [0.717, 1.165) is 31.1 Å². The fourth-order valence-corrected chi connectivity index (χ4v) is 2.76. The molecule has 1 atom stereocenters. The molecule has 21 heavy (non-hydrogen) atoms. The Hall–Kier alpha value is -1.84. The SMILES string of the molecule is CN(Cc1cccc(Oc2ccccc2)c1)C1CCNC1. The van der Waals surface area contributed by atoms with Gasteiger partial charge in [0.25, 0.3) is 0 Å².